The van der Waals surface area contributed by atoms with Gasteiger partial charge in [0.05, 0.1) is 17.2 Å². The van der Waals surface area contributed by atoms with Crippen LogP contribution in [0.25, 0.3) is 0 Å². The number of benzene rings is 1. The molecule has 2 aliphatic rings. The van der Waals surface area contributed by atoms with Crippen LogP contribution in [0, 0.1) is 11.7 Å². The number of carbonyl (C=O) groups is 2. The number of carbonyl (C=O) groups excluding carboxylic acids is 1. The van der Waals surface area contributed by atoms with Gasteiger partial charge >= 0.3 is 5.97 Å². The molecule has 1 amide bonds. The summed E-state index contributed by atoms with van der Waals surface area (Å²) >= 11 is 0. The van der Waals surface area contributed by atoms with Crippen molar-refractivity contribution in [3.05, 3.63) is 62.3 Å². The number of likely N-dealkylation sites (tertiary alicyclic amines) is 1. The van der Waals surface area contributed by atoms with Crippen LogP contribution in [0.5, 0.6) is 0 Å². The first-order chi connectivity index (χ1) is 14.4. The zero-order valence-electron chi connectivity index (χ0n) is 16.6. The zero-order valence-corrected chi connectivity index (χ0v) is 16.6. The number of nitrogens with zero attached hydrogens (tertiary/aromatic N) is 2. The minimum absolute atomic E-state index is 0.0143. The van der Waals surface area contributed by atoms with E-state index in [2.05, 4.69) is 10.2 Å². The second kappa shape index (κ2) is 8.38. The van der Waals surface area contributed by atoms with Crippen LogP contribution >= 0.6 is 0 Å². The minimum atomic E-state index is -0.855. The van der Waals surface area contributed by atoms with Crippen LogP contribution in [0.4, 0.5) is 4.39 Å². The van der Waals surface area contributed by atoms with Crippen LogP contribution in [0.15, 0.2) is 23.0 Å². The first-order valence-corrected chi connectivity index (χ1v) is 10.3. The molecule has 0 spiro atoms. The lowest BCUT2D eigenvalue weighted by atomic mass is 9.90. The van der Waals surface area contributed by atoms with Crippen LogP contribution in [0.2, 0.25) is 0 Å². The number of aromatic nitrogens is 2. The molecule has 0 saturated carbocycles. The number of amides is 1. The largest absolute Gasteiger partial charge is 0.481 e. The van der Waals surface area contributed by atoms with Gasteiger partial charge in [0, 0.05) is 25.1 Å². The van der Waals surface area contributed by atoms with E-state index >= 15 is 0 Å². The van der Waals surface area contributed by atoms with Crippen molar-refractivity contribution in [2.75, 3.05) is 13.1 Å². The fourth-order valence-electron chi connectivity index (χ4n) is 4.41. The maximum absolute atomic E-state index is 14.4. The highest BCUT2D eigenvalue weighted by molar-refractivity contribution is 5.94. The summed E-state index contributed by atoms with van der Waals surface area (Å²) < 4.78 is 14.4. The lowest BCUT2D eigenvalue weighted by Gasteiger charge is -2.30. The van der Waals surface area contributed by atoms with E-state index in [4.69, 9.17) is 5.11 Å². The molecular weight excluding hydrogens is 389 g/mol. The second-order valence-corrected chi connectivity index (χ2v) is 8.06. The summed E-state index contributed by atoms with van der Waals surface area (Å²) in [6.07, 6.45) is 4.66. The van der Waals surface area contributed by atoms with Crippen molar-refractivity contribution in [3.8, 4) is 0 Å². The maximum atomic E-state index is 14.4. The highest BCUT2D eigenvalue weighted by atomic mass is 19.1. The van der Waals surface area contributed by atoms with Crippen molar-refractivity contribution < 1.29 is 19.1 Å². The summed E-state index contributed by atoms with van der Waals surface area (Å²) in [7, 11) is 0. The van der Waals surface area contributed by atoms with E-state index < -0.39 is 23.6 Å². The first-order valence-electron chi connectivity index (χ1n) is 10.3. The molecule has 0 bridgehead atoms. The van der Waals surface area contributed by atoms with E-state index in [1.54, 1.807) is 12.1 Å². The molecular formula is C22H24FN3O4. The summed E-state index contributed by atoms with van der Waals surface area (Å²) in [6, 6.07) is 4.46. The van der Waals surface area contributed by atoms with E-state index in [9.17, 15) is 18.8 Å². The quantitative estimate of drug-likeness (QED) is 0.801. The summed E-state index contributed by atoms with van der Waals surface area (Å²) in [6.45, 7) is 0.600. The van der Waals surface area contributed by atoms with Crippen molar-refractivity contribution in [2.45, 2.75) is 44.9 Å². The van der Waals surface area contributed by atoms with Crippen molar-refractivity contribution >= 4 is 11.9 Å². The molecule has 2 N–H and O–H groups in total. The van der Waals surface area contributed by atoms with Gasteiger partial charge in [-0.15, -0.1) is 0 Å². The number of fused-ring (bicyclic) bond motifs is 1. The Hall–Kier alpha value is -3.03. The summed E-state index contributed by atoms with van der Waals surface area (Å²) in [5.41, 5.74) is 3.10. The lowest BCUT2D eigenvalue weighted by Crippen LogP contribution is -2.40. The number of rotatable bonds is 4. The Morgan fingerprint density at radius 3 is 2.57 bits per heavy atom. The number of piperidine rings is 1. The Balaban J connectivity index is 1.55. The molecule has 0 radical (unpaired) electrons. The standard InChI is InChI=1S/C22H24FN3O4/c23-18-6-5-13(12-19-15-3-1-2-4-16(15)20(27)25-24-19)11-17(18)21(28)26-9-7-14(8-10-26)22(29)30/h5-6,11,14H,1-4,7-10,12H2,(H,25,27)(H,29,30). The normalized spacial score (nSPS) is 16.9. The van der Waals surface area contributed by atoms with Gasteiger partial charge in [-0.2, -0.15) is 5.10 Å². The average molecular weight is 413 g/mol. The number of aliphatic carboxylic acids is 1. The molecule has 8 heteroatoms. The number of carboxylic acid groups (broad SMARTS) is 1. The molecule has 0 atom stereocenters. The zero-order chi connectivity index (χ0) is 21.3. The molecule has 7 nitrogen and oxygen atoms in total. The van der Waals surface area contributed by atoms with Crippen LogP contribution in [0.1, 0.15) is 58.4 Å². The number of nitrogens with one attached hydrogen (secondary N) is 1. The van der Waals surface area contributed by atoms with Gasteiger partial charge in [-0.25, -0.2) is 9.49 Å². The Morgan fingerprint density at radius 2 is 1.87 bits per heavy atom. The van der Waals surface area contributed by atoms with Crippen molar-refractivity contribution in [1.82, 2.24) is 15.1 Å². The van der Waals surface area contributed by atoms with Gasteiger partial charge in [-0.3, -0.25) is 14.4 Å². The van der Waals surface area contributed by atoms with E-state index in [0.717, 1.165) is 48.1 Å². The third kappa shape index (κ3) is 3.99. The number of hydrogen-bond donors (Lipinski definition) is 2. The van der Waals surface area contributed by atoms with Gasteiger partial charge in [0.15, 0.2) is 0 Å². The number of H-pyrrole nitrogens is 1. The molecule has 2 heterocycles. The molecule has 30 heavy (non-hydrogen) atoms. The van der Waals surface area contributed by atoms with Gasteiger partial charge in [0.25, 0.3) is 11.5 Å². The predicted molar refractivity (Wildman–Crippen MR) is 107 cm³/mol. The second-order valence-electron chi connectivity index (χ2n) is 8.06. The van der Waals surface area contributed by atoms with Crippen LogP contribution in [-0.4, -0.2) is 45.2 Å². The molecule has 1 fully saturated rings. The summed E-state index contributed by atoms with van der Waals surface area (Å²) in [5.74, 6) is -2.33. The van der Waals surface area contributed by atoms with Crippen LogP contribution in [0.3, 0.4) is 0 Å². The highest BCUT2D eigenvalue weighted by Crippen LogP contribution is 2.24. The Labute approximate surface area is 172 Å². The number of carboxylic acids is 1. The first kappa shape index (κ1) is 20.3. The third-order valence-electron chi connectivity index (χ3n) is 6.15. The topological polar surface area (TPSA) is 103 Å². The molecule has 1 aromatic heterocycles. The Bertz CT molecular complexity index is 1040. The Morgan fingerprint density at radius 1 is 1.17 bits per heavy atom. The van der Waals surface area contributed by atoms with Crippen molar-refractivity contribution in [3.63, 3.8) is 0 Å². The van der Waals surface area contributed by atoms with Crippen LogP contribution < -0.4 is 5.56 Å². The van der Waals surface area contributed by atoms with Gasteiger partial charge in [-0.05, 0) is 61.8 Å². The molecule has 2 aromatic rings. The van der Waals surface area contributed by atoms with Crippen molar-refractivity contribution in [1.29, 1.82) is 0 Å². The molecule has 0 unspecified atom stereocenters. The molecule has 158 valence electrons. The monoisotopic (exact) mass is 413 g/mol. The summed E-state index contributed by atoms with van der Waals surface area (Å²) in [4.78, 5) is 37.5. The van der Waals surface area contributed by atoms with E-state index in [1.807, 2.05) is 0 Å². The highest BCUT2D eigenvalue weighted by Gasteiger charge is 2.29. The molecule has 1 aromatic carbocycles. The van der Waals surface area contributed by atoms with Crippen LogP contribution in [-0.2, 0) is 24.1 Å². The SMILES string of the molecule is O=C(O)C1CCN(C(=O)c2cc(Cc3n[nH]c(=O)c4c3CCCC4)ccc2F)CC1. The third-order valence-corrected chi connectivity index (χ3v) is 6.15. The summed E-state index contributed by atoms with van der Waals surface area (Å²) in [5, 5.41) is 15.9. The lowest BCUT2D eigenvalue weighted by molar-refractivity contribution is -0.143. The average Bonchev–Trinajstić information content (AvgIpc) is 2.76. The predicted octanol–water partition coefficient (Wildman–Crippen LogP) is 2.32. The number of hydrogen-bond acceptors (Lipinski definition) is 4. The molecule has 1 aliphatic heterocycles. The fraction of sp³-hybridized carbons (Fsp3) is 0.455. The fourth-order valence-corrected chi connectivity index (χ4v) is 4.41. The maximum Gasteiger partial charge on any atom is 0.306 e. The van der Waals surface area contributed by atoms with E-state index in [1.165, 1.54) is 11.0 Å². The molecule has 1 saturated heterocycles. The smallest absolute Gasteiger partial charge is 0.306 e. The Kier molecular flexibility index (Phi) is 5.65. The van der Waals surface area contributed by atoms with Crippen molar-refractivity contribution in [2.24, 2.45) is 5.92 Å². The van der Waals surface area contributed by atoms with Gasteiger partial charge in [0.2, 0.25) is 0 Å². The van der Waals surface area contributed by atoms with Gasteiger partial charge in [-0.1, -0.05) is 6.07 Å². The van der Waals surface area contributed by atoms with E-state index in [0.29, 0.717) is 32.4 Å². The number of aromatic amines is 1. The molecule has 4 rings (SSSR count). The van der Waals surface area contributed by atoms with E-state index in [-0.39, 0.29) is 11.1 Å². The number of halogens is 1. The molecule has 1 aliphatic carbocycles. The van der Waals surface area contributed by atoms with Gasteiger partial charge in [0.1, 0.15) is 5.82 Å². The van der Waals surface area contributed by atoms with Gasteiger partial charge < -0.3 is 10.0 Å². The minimum Gasteiger partial charge on any atom is -0.481 e.